The number of carboxylic acids is 1. The van der Waals surface area contributed by atoms with Crippen molar-refractivity contribution in [2.75, 3.05) is 26.1 Å². The predicted octanol–water partition coefficient (Wildman–Crippen LogP) is -2.00. The number of ether oxygens (including phenoxy) is 2. The van der Waals surface area contributed by atoms with Crippen molar-refractivity contribution in [3.8, 4) is 0 Å². The molecule has 1 saturated heterocycles. The lowest BCUT2D eigenvalue weighted by molar-refractivity contribution is -0.161. The molecule has 2 atom stereocenters. The zero-order valence-corrected chi connectivity index (χ0v) is 19.6. The van der Waals surface area contributed by atoms with E-state index in [-0.39, 0.29) is 14.3 Å². The van der Waals surface area contributed by atoms with Gasteiger partial charge >= 0.3 is 22.2 Å². The summed E-state index contributed by atoms with van der Waals surface area (Å²) in [7, 11) is -3.92. The first kappa shape index (κ1) is 26.9. The van der Waals surface area contributed by atoms with E-state index in [9.17, 15) is 37.3 Å². The van der Waals surface area contributed by atoms with Gasteiger partial charge in [0.15, 0.2) is 10.8 Å². The number of carbonyl (C=O) groups excluding carboxylic acids is 3. The molecular weight excluding hydrogens is 502 g/mol. The van der Waals surface area contributed by atoms with Crippen LogP contribution in [0.2, 0.25) is 0 Å². The summed E-state index contributed by atoms with van der Waals surface area (Å²) < 4.78 is 41.8. The fraction of sp³-hybridized carbons (Fsp3) is 0.500. The number of anilines is 1. The van der Waals surface area contributed by atoms with Crippen LogP contribution in [-0.4, -0.2) is 94.8 Å². The molecular formula is C16H21N5O11S2. The number of nitrogens with zero attached hydrogens (tertiary/aromatic N) is 3. The monoisotopic (exact) mass is 523 g/mol. The molecule has 0 unspecified atom stereocenters. The number of hydrogen-bond acceptors (Lipinski definition) is 13. The van der Waals surface area contributed by atoms with Crippen LogP contribution in [0.3, 0.4) is 0 Å². The summed E-state index contributed by atoms with van der Waals surface area (Å²) in [4.78, 5) is 56.4. The van der Waals surface area contributed by atoms with Crippen LogP contribution in [0, 0.1) is 0 Å². The number of methoxy groups -OCH3 is 1. The second-order valence-corrected chi connectivity index (χ2v) is 9.48. The highest BCUT2D eigenvalue weighted by Crippen LogP contribution is 2.25. The van der Waals surface area contributed by atoms with Crippen LogP contribution in [0.4, 0.5) is 5.13 Å². The quantitative estimate of drug-likeness (QED) is 0.0807. The number of nitrogens with one attached hydrogen (secondary N) is 1. The Balaban J connectivity index is 2.28. The van der Waals surface area contributed by atoms with Gasteiger partial charge in [-0.15, -0.1) is 0 Å². The van der Waals surface area contributed by atoms with Crippen molar-refractivity contribution in [3.63, 3.8) is 0 Å². The molecule has 1 aliphatic heterocycles. The maximum atomic E-state index is 12.9. The maximum Gasteiger partial charge on any atom is 0.362 e. The Labute approximate surface area is 196 Å². The molecule has 2 rings (SSSR count). The van der Waals surface area contributed by atoms with E-state index in [4.69, 9.17) is 15.3 Å². The molecule has 188 valence electrons. The van der Waals surface area contributed by atoms with Crippen LogP contribution in [0.1, 0.15) is 18.7 Å². The Morgan fingerprint density at radius 1 is 1.38 bits per heavy atom. The average molecular weight is 524 g/mol. The highest BCUT2D eigenvalue weighted by molar-refractivity contribution is 7.84. The van der Waals surface area contributed by atoms with Gasteiger partial charge < -0.3 is 30.5 Å². The van der Waals surface area contributed by atoms with Crippen molar-refractivity contribution < 1.29 is 51.6 Å². The van der Waals surface area contributed by atoms with Crippen molar-refractivity contribution in [1.82, 2.24) is 14.6 Å². The highest BCUT2D eigenvalue weighted by atomic mass is 32.2. The first-order valence-electron chi connectivity index (χ1n) is 9.16. The topological polar surface area (TPSA) is 237 Å². The maximum absolute atomic E-state index is 12.9. The van der Waals surface area contributed by atoms with Gasteiger partial charge in [0.05, 0.1) is 18.6 Å². The van der Waals surface area contributed by atoms with Crippen molar-refractivity contribution in [2.24, 2.45) is 5.16 Å². The molecule has 0 bridgehead atoms. The van der Waals surface area contributed by atoms with Crippen molar-refractivity contribution >= 4 is 56.2 Å². The fourth-order valence-corrected chi connectivity index (χ4v) is 3.98. The molecule has 0 aliphatic carbocycles. The first-order valence-corrected chi connectivity index (χ1v) is 11.4. The van der Waals surface area contributed by atoms with E-state index >= 15 is 0 Å². The summed E-state index contributed by atoms with van der Waals surface area (Å²) in [6, 6.07) is -2.93. The minimum atomic E-state index is -5.01. The van der Waals surface area contributed by atoms with Crippen LogP contribution in [0.5, 0.6) is 0 Å². The third-order valence-corrected chi connectivity index (χ3v) is 6.07. The summed E-state index contributed by atoms with van der Waals surface area (Å²) >= 11 is 0.802. The second-order valence-electron chi connectivity index (χ2n) is 7.13. The van der Waals surface area contributed by atoms with Crippen LogP contribution in [0.15, 0.2) is 11.4 Å². The molecule has 5 N–H and O–H groups in total. The Kier molecular flexibility index (Phi) is 8.14. The molecule has 16 nitrogen and oxygen atoms in total. The Bertz CT molecular complexity index is 1110. The normalized spacial score (nSPS) is 18.8. The van der Waals surface area contributed by atoms with Gasteiger partial charge in [-0.3, -0.25) is 14.1 Å². The van der Waals surface area contributed by atoms with Crippen LogP contribution in [-0.2, 0) is 43.8 Å². The molecule has 2 heterocycles. The number of nitrogens with two attached hydrogens (primary N) is 1. The third-order valence-electron chi connectivity index (χ3n) is 4.29. The van der Waals surface area contributed by atoms with Gasteiger partial charge in [0.1, 0.15) is 18.7 Å². The first-order chi connectivity index (χ1) is 15.7. The van der Waals surface area contributed by atoms with Gasteiger partial charge in [0.2, 0.25) is 5.60 Å². The van der Waals surface area contributed by atoms with E-state index in [0.717, 1.165) is 24.6 Å². The molecule has 18 heteroatoms. The number of β-lactam (4-membered cyclic amide) rings is 1. The number of rotatable bonds is 11. The number of esters is 1. The SMILES string of the molecule is COC(=O)COC[C@H]1[C@H](NC(=O)/C(=N\OC(C)(C)C(=O)O)c2cnc(N)s2)C(=O)N1S(=O)(=O)O. The van der Waals surface area contributed by atoms with Crippen LogP contribution < -0.4 is 11.1 Å². The van der Waals surface area contributed by atoms with Gasteiger partial charge in [-0.05, 0) is 13.8 Å². The van der Waals surface area contributed by atoms with E-state index < -0.39 is 70.7 Å². The van der Waals surface area contributed by atoms with Gasteiger partial charge in [0.25, 0.3) is 11.8 Å². The zero-order valence-electron chi connectivity index (χ0n) is 18.0. The second kappa shape index (κ2) is 10.3. The van der Waals surface area contributed by atoms with Crippen molar-refractivity contribution in [2.45, 2.75) is 31.5 Å². The van der Waals surface area contributed by atoms with Gasteiger partial charge in [-0.25, -0.2) is 18.9 Å². The number of nitrogen functional groups attached to an aromatic ring is 1. The van der Waals surface area contributed by atoms with Gasteiger partial charge in [0, 0.05) is 6.20 Å². The number of hydrogen-bond donors (Lipinski definition) is 4. The Morgan fingerprint density at radius 2 is 2.03 bits per heavy atom. The number of aromatic nitrogens is 1. The number of thiazole rings is 1. The van der Waals surface area contributed by atoms with Gasteiger partial charge in [-0.2, -0.15) is 8.42 Å². The number of carboxylic acid groups (broad SMARTS) is 1. The minimum absolute atomic E-state index is 0.0411. The summed E-state index contributed by atoms with van der Waals surface area (Å²) in [5.41, 5.74) is 3.23. The van der Waals surface area contributed by atoms with Gasteiger partial charge in [-0.1, -0.05) is 16.5 Å². The Morgan fingerprint density at radius 3 is 2.53 bits per heavy atom. The largest absolute Gasteiger partial charge is 0.478 e. The Hall–Kier alpha value is -3.35. The van der Waals surface area contributed by atoms with E-state index in [1.807, 2.05) is 0 Å². The minimum Gasteiger partial charge on any atom is -0.478 e. The lowest BCUT2D eigenvalue weighted by Crippen LogP contribution is -2.73. The van der Waals surface area contributed by atoms with Crippen LogP contribution in [0.25, 0.3) is 0 Å². The summed E-state index contributed by atoms with van der Waals surface area (Å²) in [6.07, 6.45) is 1.15. The average Bonchev–Trinajstić information content (AvgIpc) is 3.15. The van der Waals surface area contributed by atoms with E-state index in [0.29, 0.717) is 0 Å². The molecule has 0 saturated carbocycles. The summed E-state index contributed by atoms with van der Waals surface area (Å²) in [5, 5.41) is 15.0. The third kappa shape index (κ3) is 6.16. The molecule has 0 spiro atoms. The molecule has 1 aliphatic rings. The smallest absolute Gasteiger partial charge is 0.362 e. The molecule has 1 fully saturated rings. The lowest BCUT2D eigenvalue weighted by Gasteiger charge is -2.43. The highest BCUT2D eigenvalue weighted by Gasteiger charge is 2.54. The molecule has 1 aromatic heterocycles. The zero-order chi connectivity index (χ0) is 25.8. The summed E-state index contributed by atoms with van der Waals surface area (Å²) in [6.45, 7) is 1.17. The summed E-state index contributed by atoms with van der Waals surface area (Å²) in [5.74, 6) is -4.45. The predicted molar refractivity (Wildman–Crippen MR) is 113 cm³/mol. The molecule has 0 radical (unpaired) electrons. The number of oxime groups is 1. The standard InChI is InChI=1S/C16H21N5O11S2/c1-16(2,14(25)26)32-20-11(8-4-18-15(17)33-8)12(23)19-10-7(5-31-6-9(22)30-3)21(13(10)24)34(27,28)29/h4,7,10H,5-6H2,1-3H3,(H2,17,18)(H,19,23)(H,25,26)(H,27,28,29)/b20-11-/t7-,10-/m0/s1. The van der Waals surface area contributed by atoms with Crippen molar-refractivity contribution in [1.29, 1.82) is 0 Å². The number of aliphatic carboxylic acids is 1. The van der Waals surface area contributed by atoms with Crippen molar-refractivity contribution in [3.05, 3.63) is 11.1 Å². The van der Waals surface area contributed by atoms with E-state index in [2.05, 4.69) is 20.2 Å². The number of amides is 2. The van der Waals surface area contributed by atoms with Crippen LogP contribution >= 0.6 is 11.3 Å². The van der Waals surface area contributed by atoms with E-state index in [1.165, 1.54) is 13.8 Å². The molecule has 2 amide bonds. The van der Waals surface area contributed by atoms with E-state index in [1.54, 1.807) is 0 Å². The molecule has 0 aromatic carbocycles. The number of carbonyl (C=O) groups is 4. The molecule has 34 heavy (non-hydrogen) atoms. The fourth-order valence-electron chi connectivity index (χ4n) is 2.45. The molecule has 1 aromatic rings. The lowest BCUT2D eigenvalue weighted by atomic mass is 9.99.